The lowest BCUT2D eigenvalue weighted by Crippen LogP contribution is -2.38. The smallest absolute Gasteiger partial charge is 0.255 e. The van der Waals surface area contributed by atoms with Crippen LogP contribution in [0.25, 0.3) is 0 Å². The molecule has 2 rings (SSSR count). The highest BCUT2D eigenvalue weighted by Crippen LogP contribution is 2.22. The molecule has 0 saturated heterocycles. The van der Waals surface area contributed by atoms with Gasteiger partial charge in [0.15, 0.2) is 0 Å². The van der Waals surface area contributed by atoms with Gasteiger partial charge >= 0.3 is 0 Å². The maximum absolute atomic E-state index is 13.6. The maximum Gasteiger partial charge on any atom is 0.255 e. The number of anilines is 1. The molecule has 0 radical (unpaired) electrons. The Labute approximate surface area is 153 Å². The summed E-state index contributed by atoms with van der Waals surface area (Å²) in [5.74, 6) is -3.06. The fraction of sp³-hybridized carbons (Fsp3) is 0.176. The third-order valence-electron chi connectivity index (χ3n) is 3.39. The van der Waals surface area contributed by atoms with Crippen molar-refractivity contribution in [2.24, 2.45) is 0 Å². The van der Waals surface area contributed by atoms with Crippen molar-refractivity contribution in [1.29, 1.82) is 0 Å². The van der Waals surface area contributed by atoms with Gasteiger partial charge < -0.3 is 10.2 Å². The van der Waals surface area contributed by atoms with E-state index in [-0.39, 0.29) is 17.1 Å². The highest BCUT2D eigenvalue weighted by molar-refractivity contribution is 6.35. The van der Waals surface area contributed by atoms with Gasteiger partial charge in [-0.3, -0.25) is 9.59 Å². The summed E-state index contributed by atoms with van der Waals surface area (Å²) >= 11 is 11.9. The summed E-state index contributed by atoms with van der Waals surface area (Å²) in [6.07, 6.45) is 0. The lowest BCUT2D eigenvalue weighted by atomic mass is 10.2. The van der Waals surface area contributed by atoms with Gasteiger partial charge in [0.2, 0.25) is 5.91 Å². The lowest BCUT2D eigenvalue weighted by molar-refractivity contribution is -0.116. The number of carbonyl (C=O) groups is 2. The van der Waals surface area contributed by atoms with E-state index in [0.717, 1.165) is 12.1 Å². The molecule has 2 aromatic rings. The predicted molar refractivity (Wildman–Crippen MR) is 93.0 cm³/mol. The van der Waals surface area contributed by atoms with Gasteiger partial charge in [0.05, 0.1) is 10.6 Å². The fourth-order valence-corrected chi connectivity index (χ4v) is 2.50. The molecule has 132 valence electrons. The molecule has 0 fully saturated rings. The van der Waals surface area contributed by atoms with Gasteiger partial charge in [-0.2, -0.15) is 0 Å². The molecular formula is C17H14Cl2F2N2O2. The molecule has 0 heterocycles. The molecule has 8 heteroatoms. The van der Waals surface area contributed by atoms with Crippen molar-refractivity contribution in [3.63, 3.8) is 0 Å². The molecule has 0 aromatic heterocycles. The molecule has 0 aliphatic rings. The normalized spacial score (nSPS) is 10.4. The van der Waals surface area contributed by atoms with Gasteiger partial charge in [-0.1, -0.05) is 29.3 Å². The summed E-state index contributed by atoms with van der Waals surface area (Å²) in [5.41, 5.74) is -0.419. The fourth-order valence-electron chi connectivity index (χ4n) is 2.13. The highest BCUT2D eigenvalue weighted by atomic mass is 35.5. The van der Waals surface area contributed by atoms with Gasteiger partial charge in [-0.15, -0.1) is 0 Å². The molecule has 0 bridgehead atoms. The maximum atomic E-state index is 13.6. The van der Waals surface area contributed by atoms with Crippen LogP contribution < -0.4 is 5.32 Å². The second-order valence-electron chi connectivity index (χ2n) is 5.09. The van der Waals surface area contributed by atoms with Crippen molar-refractivity contribution in [2.75, 3.05) is 18.4 Å². The molecular weight excluding hydrogens is 373 g/mol. The number of likely N-dealkylation sites (N-methyl/N-ethyl adjacent to an activating group) is 1. The van der Waals surface area contributed by atoms with Crippen molar-refractivity contribution in [2.45, 2.75) is 6.92 Å². The van der Waals surface area contributed by atoms with Crippen LogP contribution in [-0.4, -0.2) is 29.8 Å². The number of benzene rings is 2. The first-order chi connectivity index (χ1) is 11.8. The molecule has 0 aliphatic heterocycles. The quantitative estimate of drug-likeness (QED) is 0.828. The van der Waals surface area contributed by atoms with E-state index in [1.54, 1.807) is 6.92 Å². The third-order valence-corrected chi connectivity index (χ3v) is 3.95. The number of para-hydroxylation sites is 1. The van der Waals surface area contributed by atoms with E-state index in [1.807, 2.05) is 0 Å². The topological polar surface area (TPSA) is 49.4 Å². The largest absolute Gasteiger partial charge is 0.330 e. The molecule has 0 saturated carbocycles. The number of hydrogen-bond acceptors (Lipinski definition) is 2. The van der Waals surface area contributed by atoms with Gasteiger partial charge in [0.25, 0.3) is 5.91 Å². The summed E-state index contributed by atoms with van der Waals surface area (Å²) in [6.45, 7) is 1.45. The number of nitrogens with one attached hydrogen (secondary N) is 1. The predicted octanol–water partition coefficient (Wildman–Crippen LogP) is 4.37. The van der Waals surface area contributed by atoms with Crippen LogP contribution >= 0.6 is 23.2 Å². The molecule has 0 aliphatic carbocycles. The Kier molecular flexibility index (Phi) is 6.33. The Hall–Kier alpha value is -2.18. The zero-order valence-corrected chi connectivity index (χ0v) is 14.7. The molecule has 4 nitrogen and oxygen atoms in total. The average Bonchev–Trinajstić information content (AvgIpc) is 2.57. The number of carbonyl (C=O) groups excluding carboxylic acids is 2. The third kappa shape index (κ3) is 4.67. The minimum absolute atomic E-state index is 0.140. The first kappa shape index (κ1) is 19.1. The lowest BCUT2D eigenvalue weighted by Gasteiger charge is -2.21. The summed E-state index contributed by atoms with van der Waals surface area (Å²) in [7, 11) is 0. The standard InChI is InChI=1S/C17H14Cl2F2N2O2/c1-2-23(17(25)11-8-10(18)6-7-12(11)19)9-15(24)22-16-13(20)4-3-5-14(16)21/h3-8H,2,9H2,1H3,(H,22,24). The van der Waals surface area contributed by atoms with Crippen molar-refractivity contribution in [3.8, 4) is 0 Å². The summed E-state index contributed by atoms with van der Waals surface area (Å²) < 4.78 is 27.2. The van der Waals surface area contributed by atoms with Gasteiger partial charge in [-0.25, -0.2) is 8.78 Å². The van der Waals surface area contributed by atoms with E-state index in [2.05, 4.69) is 5.32 Å². The molecule has 0 spiro atoms. The molecule has 1 N–H and O–H groups in total. The Balaban J connectivity index is 2.14. The van der Waals surface area contributed by atoms with Gasteiger partial charge in [-0.05, 0) is 37.3 Å². The Bertz CT molecular complexity index is 795. The van der Waals surface area contributed by atoms with E-state index in [1.165, 1.54) is 29.2 Å². The summed E-state index contributed by atoms with van der Waals surface area (Å²) in [5, 5.41) is 2.64. The second kappa shape index (κ2) is 8.27. The first-order valence-electron chi connectivity index (χ1n) is 7.31. The molecule has 0 atom stereocenters. The van der Waals surface area contributed by atoms with E-state index in [0.29, 0.717) is 5.02 Å². The number of halogens is 4. The van der Waals surface area contributed by atoms with Crippen molar-refractivity contribution in [1.82, 2.24) is 4.90 Å². The summed E-state index contributed by atoms with van der Waals surface area (Å²) in [4.78, 5) is 25.8. The molecule has 0 unspecified atom stereocenters. The zero-order chi connectivity index (χ0) is 18.6. The molecule has 2 aromatic carbocycles. The van der Waals surface area contributed by atoms with E-state index < -0.39 is 35.7 Å². The van der Waals surface area contributed by atoms with E-state index >= 15 is 0 Å². The van der Waals surface area contributed by atoms with Gasteiger partial charge in [0, 0.05) is 11.6 Å². The first-order valence-corrected chi connectivity index (χ1v) is 8.07. The number of amides is 2. The van der Waals surface area contributed by atoms with E-state index in [9.17, 15) is 18.4 Å². The van der Waals surface area contributed by atoms with Crippen molar-refractivity contribution >= 4 is 40.7 Å². The zero-order valence-electron chi connectivity index (χ0n) is 13.2. The van der Waals surface area contributed by atoms with Crippen LogP contribution in [0.4, 0.5) is 14.5 Å². The van der Waals surface area contributed by atoms with Crippen LogP contribution in [-0.2, 0) is 4.79 Å². The molecule has 25 heavy (non-hydrogen) atoms. The van der Waals surface area contributed by atoms with Crippen LogP contribution in [0.5, 0.6) is 0 Å². The SMILES string of the molecule is CCN(CC(=O)Nc1c(F)cccc1F)C(=O)c1cc(Cl)ccc1Cl. The monoisotopic (exact) mass is 386 g/mol. The Morgan fingerprint density at radius 3 is 2.36 bits per heavy atom. The second-order valence-corrected chi connectivity index (χ2v) is 5.93. The number of nitrogens with zero attached hydrogens (tertiary/aromatic N) is 1. The minimum atomic E-state index is -0.902. The van der Waals surface area contributed by atoms with Gasteiger partial charge in [0.1, 0.15) is 23.9 Å². The van der Waals surface area contributed by atoms with Crippen molar-refractivity contribution in [3.05, 3.63) is 63.6 Å². The van der Waals surface area contributed by atoms with Crippen LogP contribution in [0.2, 0.25) is 10.0 Å². The van der Waals surface area contributed by atoms with Crippen LogP contribution in [0.3, 0.4) is 0 Å². The Morgan fingerprint density at radius 2 is 1.76 bits per heavy atom. The van der Waals surface area contributed by atoms with Crippen molar-refractivity contribution < 1.29 is 18.4 Å². The average molecular weight is 387 g/mol. The number of hydrogen-bond donors (Lipinski definition) is 1. The molecule has 2 amide bonds. The minimum Gasteiger partial charge on any atom is -0.330 e. The number of rotatable bonds is 5. The van der Waals surface area contributed by atoms with E-state index in [4.69, 9.17) is 23.2 Å². The van der Waals surface area contributed by atoms with Crippen LogP contribution in [0.15, 0.2) is 36.4 Å². The van der Waals surface area contributed by atoms with Crippen LogP contribution in [0.1, 0.15) is 17.3 Å². The van der Waals surface area contributed by atoms with Crippen LogP contribution in [0, 0.1) is 11.6 Å². The summed E-state index contributed by atoms with van der Waals surface area (Å²) in [6, 6.07) is 7.62. The highest BCUT2D eigenvalue weighted by Gasteiger charge is 2.21. The Morgan fingerprint density at radius 1 is 1.12 bits per heavy atom.